The molecule has 0 N–H and O–H groups in total. The maximum absolute atomic E-state index is 13.2. The summed E-state index contributed by atoms with van der Waals surface area (Å²) in [7, 11) is -5.85. The van der Waals surface area contributed by atoms with Crippen molar-refractivity contribution in [1.29, 1.82) is 0 Å². The summed E-state index contributed by atoms with van der Waals surface area (Å²) in [6, 6.07) is 16.2. The number of hydrogen-bond acceptors (Lipinski definition) is 6. The number of benzene rings is 2. The van der Waals surface area contributed by atoms with Gasteiger partial charge in [0, 0.05) is 0 Å². The number of ether oxygens (including phenoxy) is 2. The van der Waals surface area contributed by atoms with Crippen molar-refractivity contribution in [2.75, 3.05) is 13.2 Å². The predicted molar refractivity (Wildman–Crippen MR) is 86.5 cm³/mol. The second-order valence-corrected chi connectivity index (χ2v) is 6.78. The van der Waals surface area contributed by atoms with E-state index in [0.717, 1.165) is 0 Å². The number of esters is 1. The molecule has 2 aromatic carbocycles. The molecule has 1 atom stereocenters. The van der Waals surface area contributed by atoms with Crippen LogP contribution in [0.3, 0.4) is 0 Å². The van der Waals surface area contributed by atoms with Gasteiger partial charge in [-0.25, -0.2) is 13.2 Å². The molecule has 0 fully saturated rings. The second kappa shape index (κ2) is 10.3. The summed E-state index contributed by atoms with van der Waals surface area (Å²) >= 11 is 0. The first-order valence-corrected chi connectivity index (χ1v) is 8.83. The molecule has 0 bridgehead atoms. The molecular weight excluding hydrogens is 393 g/mol. The molecule has 0 saturated heterocycles. The minimum absolute atomic E-state index is 0. The Hall–Kier alpha value is -1.36. The van der Waals surface area contributed by atoms with Gasteiger partial charge in [0.1, 0.15) is 6.61 Å². The van der Waals surface area contributed by atoms with E-state index >= 15 is 0 Å². The molecule has 0 radical (unpaired) electrons. The molecule has 2 aromatic rings. The van der Waals surface area contributed by atoms with Crippen LogP contribution in [-0.2, 0) is 19.6 Å². The van der Waals surface area contributed by atoms with Crippen molar-refractivity contribution in [3.05, 3.63) is 71.8 Å². The van der Waals surface area contributed by atoms with Crippen LogP contribution in [0.2, 0.25) is 0 Å². The number of carbonyl (C=O) groups excluding carboxylic acids is 1. The molecule has 0 saturated carbocycles. The maximum Gasteiger partial charge on any atom is 1.00 e. The SMILES string of the molecule is O=C(OC(COCC(F)(F)S(=O)(=O)[O-])c1ccccc1)c1ccccc1.[Na+]. The zero-order valence-electron chi connectivity index (χ0n) is 14.4. The van der Waals surface area contributed by atoms with Gasteiger partial charge < -0.3 is 14.0 Å². The number of carbonyl (C=O) groups is 1. The Morgan fingerprint density at radius 3 is 2.07 bits per heavy atom. The molecule has 140 valence electrons. The average Bonchev–Trinajstić information content (AvgIpc) is 2.61. The number of rotatable bonds is 8. The van der Waals surface area contributed by atoms with Crippen LogP contribution < -0.4 is 29.6 Å². The van der Waals surface area contributed by atoms with Gasteiger partial charge in [0.2, 0.25) is 0 Å². The molecule has 27 heavy (non-hydrogen) atoms. The fraction of sp³-hybridized carbons (Fsp3) is 0.235. The summed E-state index contributed by atoms with van der Waals surface area (Å²) in [6.45, 7) is -2.18. The van der Waals surface area contributed by atoms with Gasteiger partial charge in [-0.1, -0.05) is 48.5 Å². The first kappa shape index (κ1) is 23.7. The van der Waals surface area contributed by atoms with E-state index < -0.39 is 40.7 Å². The van der Waals surface area contributed by atoms with Gasteiger partial charge in [-0.3, -0.25) is 0 Å². The summed E-state index contributed by atoms with van der Waals surface area (Å²) in [4.78, 5) is 12.2. The van der Waals surface area contributed by atoms with E-state index in [0.29, 0.717) is 5.56 Å². The minimum atomic E-state index is -5.85. The molecule has 0 heterocycles. The largest absolute Gasteiger partial charge is 1.00 e. The van der Waals surface area contributed by atoms with Crippen LogP contribution >= 0.6 is 0 Å². The Bertz CT molecular complexity index is 831. The van der Waals surface area contributed by atoms with Gasteiger partial charge >= 0.3 is 40.8 Å². The van der Waals surface area contributed by atoms with E-state index in [-0.39, 0.29) is 35.1 Å². The zero-order valence-corrected chi connectivity index (χ0v) is 17.2. The summed E-state index contributed by atoms with van der Waals surface area (Å²) in [6.07, 6.45) is -1.06. The second-order valence-electron chi connectivity index (χ2n) is 5.28. The normalized spacial score (nSPS) is 12.7. The average molecular weight is 408 g/mol. The molecule has 6 nitrogen and oxygen atoms in total. The first-order valence-electron chi connectivity index (χ1n) is 7.43. The van der Waals surface area contributed by atoms with Crippen LogP contribution in [-0.4, -0.2) is 37.4 Å². The predicted octanol–water partition coefficient (Wildman–Crippen LogP) is -0.257. The molecule has 0 aliphatic rings. The minimum Gasteiger partial charge on any atom is -0.743 e. The monoisotopic (exact) mass is 408 g/mol. The summed E-state index contributed by atoms with van der Waals surface area (Å²) < 4.78 is 67.8. The van der Waals surface area contributed by atoms with Crippen LogP contribution in [0.15, 0.2) is 60.7 Å². The maximum atomic E-state index is 13.2. The molecule has 1 unspecified atom stereocenters. The molecule has 2 rings (SSSR count). The first-order chi connectivity index (χ1) is 12.2. The summed E-state index contributed by atoms with van der Waals surface area (Å²) in [5.74, 6) is -0.703. The van der Waals surface area contributed by atoms with Gasteiger partial charge in [0.05, 0.1) is 12.2 Å². The van der Waals surface area contributed by atoms with Crippen LogP contribution in [0.5, 0.6) is 0 Å². The van der Waals surface area contributed by atoms with Crippen molar-refractivity contribution in [1.82, 2.24) is 0 Å². The fourth-order valence-electron chi connectivity index (χ4n) is 1.99. The van der Waals surface area contributed by atoms with Gasteiger partial charge in [-0.15, -0.1) is 0 Å². The van der Waals surface area contributed by atoms with Crippen LogP contribution in [0, 0.1) is 0 Å². The molecular formula is C17H15F2NaO6S. The van der Waals surface area contributed by atoms with Gasteiger partial charge in [-0.05, 0) is 17.7 Å². The number of hydrogen-bond donors (Lipinski definition) is 0. The van der Waals surface area contributed by atoms with E-state index in [9.17, 15) is 26.5 Å². The Balaban J connectivity index is 0.00000364. The van der Waals surface area contributed by atoms with Crippen LogP contribution in [0.4, 0.5) is 8.78 Å². The Kier molecular flexibility index (Phi) is 9.00. The van der Waals surface area contributed by atoms with E-state index in [2.05, 4.69) is 4.74 Å². The smallest absolute Gasteiger partial charge is 0.743 e. The molecule has 0 spiro atoms. The molecule has 10 heteroatoms. The topological polar surface area (TPSA) is 92.7 Å². The fourth-order valence-corrected chi connectivity index (χ4v) is 2.22. The standard InChI is InChI=1S/C17H16F2O6S.Na/c18-17(19,26(21,22)23)12-24-11-15(13-7-3-1-4-8-13)25-16(20)14-9-5-2-6-10-14;/h1-10,15H,11-12H2,(H,21,22,23);/q;+1/p-1. The number of halogens is 2. The summed E-state index contributed by atoms with van der Waals surface area (Å²) in [5, 5.41) is -4.57. The van der Waals surface area contributed by atoms with Crippen LogP contribution in [0.1, 0.15) is 22.0 Å². The van der Waals surface area contributed by atoms with E-state index in [1.54, 1.807) is 48.5 Å². The zero-order chi connectivity index (χ0) is 19.2. The van der Waals surface area contributed by atoms with Gasteiger partial charge in [0.15, 0.2) is 16.2 Å². The van der Waals surface area contributed by atoms with E-state index in [1.165, 1.54) is 12.1 Å². The third kappa shape index (κ3) is 6.95. The molecule has 0 aliphatic carbocycles. The van der Waals surface area contributed by atoms with E-state index in [1.807, 2.05) is 0 Å². The molecule has 0 aromatic heterocycles. The number of alkyl halides is 2. The van der Waals surface area contributed by atoms with Gasteiger partial charge in [-0.2, -0.15) is 8.78 Å². The van der Waals surface area contributed by atoms with E-state index in [4.69, 9.17) is 4.74 Å². The Morgan fingerprint density at radius 2 is 1.56 bits per heavy atom. The molecule has 0 amide bonds. The third-order valence-electron chi connectivity index (χ3n) is 3.34. The molecule has 0 aliphatic heterocycles. The van der Waals surface area contributed by atoms with Crippen molar-refractivity contribution in [2.24, 2.45) is 0 Å². The Labute approximate surface area is 177 Å². The van der Waals surface area contributed by atoms with Crippen molar-refractivity contribution in [3.63, 3.8) is 0 Å². The third-order valence-corrected chi connectivity index (χ3v) is 4.18. The van der Waals surface area contributed by atoms with Crippen molar-refractivity contribution < 1.29 is 65.6 Å². The van der Waals surface area contributed by atoms with Gasteiger partial charge in [0.25, 0.3) is 0 Å². The van der Waals surface area contributed by atoms with Crippen molar-refractivity contribution >= 4 is 16.1 Å². The van der Waals surface area contributed by atoms with Crippen molar-refractivity contribution in [2.45, 2.75) is 11.4 Å². The quantitative estimate of drug-likeness (QED) is 0.340. The Morgan fingerprint density at radius 1 is 1.04 bits per heavy atom. The van der Waals surface area contributed by atoms with Crippen LogP contribution in [0.25, 0.3) is 0 Å². The summed E-state index contributed by atoms with van der Waals surface area (Å²) in [5.41, 5.74) is 0.714. The van der Waals surface area contributed by atoms with Crippen molar-refractivity contribution in [3.8, 4) is 0 Å².